The molecule has 0 heterocycles. The van der Waals surface area contributed by atoms with Gasteiger partial charge in [0.1, 0.15) is 0 Å². The number of carboxylic acids is 1. The van der Waals surface area contributed by atoms with Crippen molar-refractivity contribution in [3.05, 3.63) is 36.5 Å². The van der Waals surface area contributed by atoms with Gasteiger partial charge in [0.25, 0.3) is 0 Å². The number of carbonyl (C=O) groups excluding carboxylic acids is 1. The second kappa shape index (κ2) is 20.7. The summed E-state index contributed by atoms with van der Waals surface area (Å²) in [7, 11) is 0. The Morgan fingerprint density at radius 3 is 1.95 bits per heavy atom. The third-order valence-corrected chi connectivity index (χ3v) is 3.03. The normalized spacial score (nSPS) is 11.5. The molecule has 0 saturated heterocycles. The first kappa shape index (κ1) is 24.0. The first-order valence-corrected chi connectivity index (χ1v) is 7.92. The van der Waals surface area contributed by atoms with E-state index < -0.39 is 5.97 Å². The van der Waals surface area contributed by atoms with Gasteiger partial charge in [0.15, 0.2) is 0 Å². The molecule has 0 N–H and O–H groups in total. The van der Waals surface area contributed by atoms with Crippen LogP contribution in [0.25, 0.3) is 0 Å². The minimum atomic E-state index is -0.925. The maximum absolute atomic E-state index is 10.2. The summed E-state index contributed by atoms with van der Waals surface area (Å²) in [6, 6.07) is 0. The van der Waals surface area contributed by atoms with E-state index in [1.165, 1.54) is 12.8 Å². The van der Waals surface area contributed by atoms with E-state index >= 15 is 0 Å². The molecule has 0 radical (unpaired) electrons. The number of hydrogen-bond acceptors (Lipinski definition) is 2. The van der Waals surface area contributed by atoms with Crippen LogP contribution in [0.4, 0.5) is 0 Å². The second-order valence-corrected chi connectivity index (χ2v) is 4.97. The first-order valence-electron chi connectivity index (χ1n) is 7.92. The van der Waals surface area contributed by atoms with Gasteiger partial charge in [0.2, 0.25) is 0 Å². The zero-order valence-corrected chi connectivity index (χ0v) is 20.1. The van der Waals surface area contributed by atoms with Gasteiger partial charge in [-0.25, -0.2) is 0 Å². The number of hydrogen-bond donors (Lipinski definition) is 0. The van der Waals surface area contributed by atoms with E-state index in [1.54, 1.807) is 0 Å². The Morgan fingerprint density at radius 1 is 0.810 bits per heavy atom. The van der Waals surface area contributed by atoms with Crippen LogP contribution < -0.4 is 74.0 Å². The van der Waals surface area contributed by atoms with Crippen molar-refractivity contribution in [2.24, 2.45) is 0 Å². The van der Waals surface area contributed by atoms with Crippen molar-refractivity contribution in [3.63, 3.8) is 0 Å². The molecule has 0 aromatic heterocycles. The number of unbranched alkanes of at least 4 members (excludes halogenated alkanes) is 5. The molecular formula is C18H29CsO2. The second-order valence-electron chi connectivity index (χ2n) is 4.97. The summed E-state index contributed by atoms with van der Waals surface area (Å²) < 4.78 is 0. The van der Waals surface area contributed by atoms with Gasteiger partial charge in [-0.3, -0.25) is 0 Å². The van der Waals surface area contributed by atoms with Crippen molar-refractivity contribution in [2.75, 3.05) is 0 Å². The van der Waals surface area contributed by atoms with Gasteiger partial charge < -0.3 is 9.90 Å². The molecule has 0 rings (SSSR count). The largest absolute Gasteiger partial charge is 1.00 e. The van der Waals surface area contributed by atoms with Crippen LogP contribution in [-0.2, 0) is 4.79 Å². The maximum Gasteiger partial charge on any atom is 1.00 e. The molecule has 2 nitrogen and oxygen atoms in total. The molecule has 0 aliphatic rings. The summed E-state index contributed by atoms with van der Waals surface area (Å²) in [5.74, 6) is -0.925. The average Bonchev–Trinajstić information content (AvgIpc) is 2.43. The van der Waals surface area contributed by atoms with Gasteiger partial charge in [-0.2, -0.15) is 0 Å². The third-order valence-electron chi connectivity index (χ3n) is 3.03. The molecule has 0 aromatic rings. The molecule has 0 aliphatic heterocycles. The average molecular weight is 410 g/mol. The summed E-state index contributed by atoms with van der Waals surface area (Å²) in [5, 5.41) is 10.2. The molecule has 0 atom stereocenters. The zero-order valence-electron chi connectivity index (χ0n) is 13.9. The molecule has 0 aliphatic carbocycles. The van der Waals surface area contributed by atoms with Gasteiger partial charge in [0, 0.05) is 5.97 Å². The van der Waals surface area contributed by atoms with Crippen molar-refractivity contribution < 1.29 is 78.8 Å². The minimum absolute atomic E-state index is 0. The molecule has 114 valence electrons. The fraction of sp³-hybridized carbons (Fsp3) is 0.611. The molecule has 0 saturated carbocycles. The summed E-state index contributed by atoms with van der Waals surface area (Å²) in [6.45, 7) is 2.15. The van der Waals surface area contributed by atoms with E-state index in [-0.39, 0.29) is 75.3 Å². The van der Waals surface area contributed by atoms with E-state index in [0.29, 0.717) is 0 Å². The van der Waals surface area contributed by atoms with Crippen LogP contribution in [0.15, 0.2) is 36.5 Å². The zero-order chi connectivity index (χ0) is 14.9. The Balaban J connectivity index is 0. The number of carboxylic acid groups (broad SMARTS) is 1. The third kappa shape index (κ3) is 23.1. The topological polar surface area (TPSA) is 40.1 Å². The number of aliphatic carboxylic acids is 1. The van der Waals surface area contributed by atoms with E-state index in [1.807, 2.05) is 0 Å². The van der Waals surface area contributed by atoms with Crippen LogP contribution >= 0.6 is 0 Å². The van der Waals surface area contributed by atoms with Gasteiger partial charge in [-0.15, -0.1) is 0 Å². The number of rotatable bonds is 13. The fourth-order valence-corrected chi connectivity index (χ4v) is 1.89. The smallest absolute Gasteiger partial charge is 0.550 e. The summed E-state index contributed by atoms with van der Waals surface area (Å²) in [6.07, 6.45) is 23.0. The van der Waals surface area contributed by atoms with Crippen LogP contribution in [0.3, 0.4) is 0 Å². The maximum atomic E-state index is 10.2. The molecule has 0 spiro atoms. The number of allylic oxidation sites excluding steroid dienone is 6. The van der Waals surface area contributed by atoms with Crippen LogP contribution in [-0.4, -0.2) is 5.97 Å². The quantitative estimate of drug-likeness (QED) is 0.340. The molecular weight excluding hydrogens is 381 g/mol. The van der Waals surface area contributed by atoms with E-state index in [0.717, 1.165) is 44.9 Å². The summed E-state index contributed by atoms with van der Waals surface area (Å²) >= 11 is 0. The van der Waals surface area contributed by atoms with Crippen LogP contribution in [0.1, 0.15) is 71.1 Å². The van der Waals surface area contributed by atoms with E-state index in [4.69, 9.17) is 0 Å². The predicted molar refractivity (Wildman–Crippen MR) is 84.3 cm³/mol. The summed E-state index contributed by atoms with van der Waals surface area (Å²) in [4.78, 5) is 10.2. The fourth-order valence-electron chi connectivity index (χ4n) is 1.89. The molecule has 0 fully saturated rings. The minimum Gasteiger partial charge on any atom is -0.550 e. The Bertz CT molecular complexity index is 306. The standard InChI is InChI=1S/C18H30O2.Cs/c1-2-3-4-5-6-7-8-9-10-11-12-13-14-15-16-17-18(19)20;/h3-4,6-7,9-10H,2,5,8,11-17H2,1H3,(H,19,20);/q;+1/p-1/b4-3-,7-6-,10-9-;. The molecule has 21 heavy (non-hydrogen) atoms. The Morgan fingerprint density at radius 2 is 1.33 bits per heavy atom. The predicted octanol–water partition coefficient (Wildman–Crippen LogP) is 1.33. The van der Waals surface area contributed by atoms with E-state index in [9.17, 15) is 9.90 Å². The van der Waals surface area contributed by atoms with Gasteiger partial charge in [-0.1, -0.05) is 62.6 Å². The van der Waals surface area contributed by atoms with Gasteiger partial charge >= 0.3 is 68.9 Å². The molecule has 0 unspecified atom stereocenters. The molecule has 0 aromatic carbocycles. The van der Waals surface area contributed by atoms with Crippen molar-refractivity contribution >= 4 is 5.97 Å². The van der Waals surface area contributed by atoms with Crippen molar-refractivity contribution in [1.29, 1.82) is 0 Å². The SMILES string of the molecule is CC/C=C\C/C=C\C/C=C\CCCCCCCC(=O)[O-].[Cs+]. The Hall–Kier alpha value is 0.742. The molecule has 0 amide bonds. The van der Waals surface area contributed by atoms with Crippen molar-refractivity contribution in [1.82, 2.24) is 0 Å². The van der Waals surface area contributed by atoms with Gasteiger partial charge in [-0.05, 0) is 44.9 Å². The monoisotopic (exact) mass is 410 g/mol. The Kier molecular flexibility index (Phi) is 23.7. The van der Waals surface area contributed by atoms with Crippen LogP contribution in [0.5, 0.6) is 0 Å². The van der Waals surface area contributed by atoms with Crippen molar-refractivity contribution in [3.8, 4) is 0 Å². The number of carbonyl (C=O) groups is 1. The van der Waals surface area contributed by atoms with E-state index in [2.05, 4.69) is 43.4 Å². The van der Waals surface area contributed by atoms with Crippen LogP contribution in [0, 0.1) is 0 Å². The van der Waals surface area contributed by atoms with Gasteiger partial charge in [0.05, 0.1) is 0 Å². The Labute approximate surface area is 189 Å². The first-order chi connectivity index (χ1) is 9.77. The summed E-state index contributed by atoms with van der Waals surface area (Å²) in [5.41, 5.74) is 0. The van der Waals surface area contributed by atoms with Crippen LogP contribution in [0.2, 0.25) is 0 Å². The molecule has 0 bridgehead atoms. The van der Waals surface area contributed by atoms with Crippen molar-refractivity contribution in [2.45, 2.75) is 71.1 Å². The molecule has 3 heteroatoms.